The maximum absolute atomic E-state index is 14.0. The molecule has 2 heterocycles. The molecule has 1 amide bonds. The van der Waals surface area contributed by atoms with Crippen molar-refractivity contribution in [3.63, 3.8) is 0 Å². The number of carbonyl (C=O) groups excluding carboxylic acids is 1. The molecule has 2 aliphatic rings. The number of piperidine rings is 1. The van der Waals surface area contributed by atoms with Gasteiger partial charge in [-0.2, -0.15) is 0 Å². The Labute approximate surface area is 160 Å². The van der Waals surface area contributed by atoms with E-state index >= 15 is 0 Å². The number of carbonyl (C=O) groups is 1. The highest BCUT2D eigenvalue weighted by atomic mass is 19.2. The van der Waals surface area contributed by atoms with E-state index < -0.39 is 11.6 Å². The first-order chi connectivity index (χ1) is 12.7. The number of benzene rings is 1. The molecule has 0 aromatic heterocycles. The van der Waals surface area contributed by atoms with E-state index in [-0.39, 0.29) is 16.9 Å². The van der Waals surface area contributed by atoms with Crippen molar-refractivity contribution in [3.05, 3.63) is 35.4 Å². The lowest BCUT2D eigenvalue weighted by atomic mass is 9.79. The summed E-state index contributed by atoms with van der Waals surface area (Å²) in [4.78, 5) is 16.7. The topological polar surface area (TPSA) is 35.6 Å². The predicted molar refractivity (Wildman–Crippen MR) is 102 cm³/mol. The maximum Gasteiger partial charge on any atom is 0.234 e. The van der Waals surface area contributed by atoms with E-state index in [2.05, 4.69) is 15.1 Å². The highest BCUT2D eigenvalue weighted by molar-refractivity contribution is 5.78. The Morgan fingerprint density at radius 1 is 1.15 bits per heavy atom. The van der Waals surface area contributed by atoms with Crippen LogP contribution in [0, 0.1) is 17.0 Å². The van der Waals surface area contributed by atoms with Crippen LogP contribution in [0.3, 0.4) is 0 Å². The van der Waals surface area contributed by atoms with Crippen LogP contribution in [0.25, 0.3) is 0 Å². The zero-order valence-corrected chi connectivity index (χ0v) is 16.7. The van der Waals surface area contributed by atoms with Crippen LogP contribution in [-0.2, 0) is 11.3 Å². The first-order valence-corrected chi connectivity index (χ1v) is 9.84. The third kappa shape index (κ3) is 5.26. The molecule has 0 aliphatic carbocycles. The number of rotatable bonds is 4. The van der Waals surface area contributed by atoms with Gasteiger partial charge < -0.3 is 5.32 Å². The SMILES string of the molecule is CC(C)(C)NC(=O)CN1CCC2(CCCN(Cc3cccc(F)c3F)C2)C1. The zero-order chi connectivity index (χ0) is 19.7. The van der Waals surface area contributed by atoms with Crippen molar-refractivity contribution in [2.75, 3.05) is 32.7 Å². The fourth-order valence-electron chi connectivity index (χ4n) is 4.51. The Kier molecular flexibility index (Phi) is 5.87. The standard InChI is InChI=1S/C21H31F2N3O/c1-20(2,3)24-18(27)13-26-11-9-21(15-26)8-5-10-25(14-21)12-16-6-4-7-17(22)19(16)23/h4,6-7H,5,8-15H2,1-3H3,(H,24,27). The molecule has 1 aromatic rings. The number of halogens is 2. The molecule has 1 atom stereocenters. The molecular weight excluding hydrogens is 348 g/mol. The van der Waals surface area contributed by atoms with Gasteiger partial charge in [0, 0.05) is 30.7 Å². The van der Waals surface area contributed by atoms with Gasteiger partial charge in [0.05, 0.1) is 6.54 Å². The number of nitrogens with zero attached hydrogens (tertiary/aromatic N) is 2. The minimum atomic E-state index is -0.781. The Morgan fingerprint density at radius 2 is 1.89 bits per heavy atom. The third-order valence-electron chi connectivity index (χ3n) is 5.56. The lowest BCUT2D eigenvalue weighted by Gasteiger charge is -2.40. The minimum Gasteiger partial charge on any atom is -0.350 e. The van der Waals surface area contributed by atoms with Crippen LogP contribution < -0.4 is 5.32 Å². The highest BCUT2D eigenvalue weighted by Gasteiger charge is 2.41. The lowest BCUT2D eigenvalue weighted by Crippen LogP contribution is -2.47. The average Bonchev–Trinajstić information content (AvgIpc) is 2.92. The van der Waals surface area contributed by atoms with Gasteiger partial charge in [0.15, 0.2) is 11.6 Å². The molecule has 6 heteroatoms. The summed E-state index contributed by atoms with van der Waals surface area (Å²) >= 11 is 0. The summed E-state index contributed by atoms with van der Waals surface area (Å²) in [5.41, 5.74) is 0.362. The van der Waals surface area contributed by atoms with Crippen LogP contribution in [0.2, 0.25) is 0 Å². The molecule has 2 saturated heterocycles. The van der Waals surface area contributed by atoms with Crippen molar-refractivity contribution in [3.8, 4) is 0 Å². The molecule has 150 valence electrons. The van der Waals surface area contributed by atoms with E-state index in [1.165, 1.54) is 0 Å². The van der Waals surface area contributed by atoms with Gasteiger partial charge in [-0.05, 0) is 64.6 Å². The van der Waals surface area contributed by atoms with Crippen LogP contribution >= 0.6 is 0 Å². The molecule has 0 bridgehead atoms. The smallest absolute Gasteiger partial charge is 0.234 e. The summed E-state index contributed by atoms with van der Waals surface area (Å²) in [6.45, 7) is 10.4. The second-order valence-corrected chi connectivity index (χ2v) is 9.29. The second kappa shape index (κ2) is 7.84. The zero-order valence-electron chi connectivity index (χ0n) is 16.7. The Hall–Kier alpha value is -1.53. The average molecular weight is 379 g/mol. The van der Waals surface area contributed by atoms with Crippen molar-refractivity contribution < 1.29 is 13.6 Å². The number of amides is 1. The van der Waals surface area contributed by atoms with Crippen molar-refractivity contribution >= 4 is 5.91 Å². The first kappa shape index (κ1) is 20.2. The van der Waals surface area contributed by atoms with Crippen LogP contribution in [0.1, 0.15) is 45.6 Å². The number of hydrogen-bond donors (Lipinski definition) is 1. The van der Waals surface area contributed by atoms with Crippen molar-refractivity contribution in [2.24, 2.45) is 5.41 Å². The summed E-state index contributed by atoms with van der Waals surface area (Å²) in [6.07, 6.45) is 3.24. The Morgan fingerprint density at radius 3 is 2.63 bits per heavy atom. The van der Waals surface area contributed by atoms with Crippen molar-refractivity contribution in [1.82, 2.24) is 15.1 Å². The summed E-state index contributed by atoms with van der Waals surface area (Å²) in [7, 11) is 0. The first-order valence-electron chi connectivity index (χ1n) is 9.84. The summed E-state index contributed by atoms with van der Waals surface area (Å²) in [5.74, 6) is -1.45. The van der Waals surface area contributed by atoms with E-state index in [4.69, 9.17) is 0 Å². The summed E-state index contributed by atoms with van der Waals surface area (Å²) in [6, 6.07) is 4.39. The molecule has 1 N–H and O–H groups in total. The van der Waals surface area contributed by atoms with Crippen LogP contribution in [0.15, 0.2) is 18.2 Å². The van der Waals surface area contributed by atoms with E-state index in [0.29, 0.717) is 18.7 Å². The molecule has 1 aromatic carbocycles. The molecular formula is C21H31F2N3O. The quantitative estimate of drug-likeness (QED) is 0.873. The van der Waals surface area contributed by atoms with Gasteiger partial charge in [-0.1, -0.05) is 12.1 Å². The van der Waals surface area contributed by atoms with E-state index in [1.54, 1.807) is 12.1 Å². The van der Waals surface area contributed by atoms with Gasteiger partial charge in [-0.15, -0.1) is 0 Å². The highest BCUT2D eigenvalue weighted by Crippen LogP contribution is 2.39. The van der Waals surface area contributed by atoms with Crippen LogP contribution in [0.5, 0.6) is 0 Å². The van der Waals surface area contributed by atoms with Crippen molar-refractivity contribution in [2.45, 2.75) is 52.1 Å². The fourth-order valence-corrected chi connectivity index (χ4v) is 4.51. The van der Waals surface area contributed by atoms with E-state index in [9.17, 15) is 13.6 Å². The lowest BCUT2D eigenvalue weighted by molar-refractivity contribution is -0.123. The van der Waals surface area contributed by atoms with Gasteiger partial charge in [0.2, 0.25) is 5.91 Å². The third-order valence-corrected chi connectivity index (χ3v) is 5.56. The molecule has 4 nitrogen and oxygen atoms in total. The number of nitrogens with one attached hydrogen (secondary N) is 1. The minimum absolute atomic E-state index is 0.0639. The molecule has 2 fully saturated rings. The molecule has 0 saturated carbocycles. The van der Waals surface area contributed by atoms with E-state index in [0.717, 1.165) is 51.5 Å². The number of likely N-dealkylation sites (tertiary alicyclic amines) is 2. The Balaban J connectivity index is 1.57. The van der Waals surface area contributed by atoms with Crippen LogP contribution in [-0.4, -0.2) is 54.0 Å². The van der Waals surface area contributed by atoms with Gasteiger partial charge >= 0.3 is 0 Å². The van der Waals surface area contributed by atoms with Gasteiger partial charge in [0.25, 0.3) is 0 Å². The predicted octanol–water partition coefficient (Wildman–Crippen LogP) is 3.17. The molecule has 3 rings (SSSR count). The molecule has 1 spiro atoms. The van der Waals surface area contributed by atoms with Gasteiger partial charge in [-0.25, -0.2) is 8.78 Å². The molecule has 27 heavy (non-hydrogen) atoms. The van der Waals surface area contributed by atoms with E-state index in [1.807, 2.05) is 20.8 Å². The molecule has 1 unspecified atom stereocenters. The van der Waals surface area contributed by atoms with Crippen LogP contribution in [0.4, 0.5) is 8.78 Å². The normalized spacial score (nSPS) is 24.5. The summed E-state index contributed by atoms with van der Waals surface area (Å²) in [5, 5.41) is 3.02. The molecule has 0 radical (unpaired) electrons. The maximum atomic E-state index is 14.0. The largest absolute Gasteiger partial charge is 0.350 e. The second-order valence-electron chi connectivity index (χ2n) is 9.29. The summed E-state index contributed by atoms with van der Waals surface area (Å²) < 4.78 is 27.5. The Bertz CT molecular complexity index is 688. The van der Waals surface area contributed by atoms with Gasteiger partial charge in [0.1, 0.15) is 0 Å². The fraction of sp³-hybridized carbons (Fsp3) is 0.667. The molecule has 2 aliphatic heterocycles. The van der Waals surface area contributed by atoms with Gasteiger partial charge in [-0.3, -0.25) is 14.6 Å². The monoisotopic (exact) mass is 379 g/mol. The van der Waals surface area contributed by atoms with Crippen molar-refractivity contribution in [1.29, 1.82) is 0 Å². The number of hydrogen-bond acceptors (Lipinski definition) is 3.